The molecule has 0 spiro atoms. The molecule has 2 rings (SSSR count). The highest BCUT2D eigenvalue weighted by Gasteiger charge is 2.30. The molecule has 0 atom stereocenters. The first-order chi connectivity index (χ1) is 11.3. The molecule has 0 radical (unpaired) electrons. The van der Waals surface area contributed by atoms with Crippen LogP contribution in [0.15, 0.2) is 48.5 Å². The van der Waals surface area contributed by atoms with E-state index in [4.69, 9.17) is 0 Å². The summed E-state index contributed by atoms with van der Waals surface area (Å²) in [5.41, 5.74) is 1.62. The van der Waals surface area contributed by atoms with Gasteiger partial charge in [0.05, 0.1) is 12.1 Å². The summed E-state index contributed by atoms with van der Waals surface area (Å²) in [6, 6.07) is 12.2. The molecule has 0 bridgehead atoms. The third-order valence-electron chi connectivity index (χ3n) is 3.58. The summed E-state index contributed by atoms with van der Waals surface area (Å²) >= 11 is 0. The van der Waals surface area contributed by atoms with E-state index in [1.165, 1.54) is 12.1 Å². The number of amides is 1. The number of likely N-dealkylation sites (N-methyl/N-ethyl adjacent to an activating group) is 1. The molecule has 128 valence electrons. The molecule has 1 amide bonds. The molecule has 0 heterocycles. The van der Waals surface area contributed by atoms with Crippen molar-refractivity contribution in [2.75, 3.05) is 23.3 Å². The Morgan fingerprint density at radius 2 is 1.79 bits per heavy atom. The van der Waals surface area contributed by atoms with Crippen LogP contribution in [-0.4, -0.2) is 19.0 Å². The molecule has 0 unspecified atom stereocenters. The normalized spacial score (nSPS) is 11.2. The summed E-state index contributed by atoms with van der Waals surface area (Å²) in [5, 5.41) is 2.62. The highest BCUT2D eigenvalue weighted by Crippen LogP contribution is 2.29. The fraction of sp³-hybridized carbons (Fsp3) is 0.278. The number of nitrogens with zero attached hydrogens (tertiary/aromatic N) is 1. The Labute approximate surface area is 139 Å². The van der Waals surface area contributed by atoms with Crippen molar-refractivity contribution in [1.82, 2.24) is 0 Å². The number of rotatable bonds is 5. The second kappa shape index (κ2) is 7.38. The van der Waals surface area contributed by atoms with Gasteiger partial charge < -0.3 is 10.2 Å². The van der Waals surface area contributed by atoms with E-state index in [1.54, 1.807) is 0 Å². The summed E-state index contributed by atoms with van der Waals surface area (Å²) in [6.07, 6.45) is -4.38. The van der Waals surface area contributed by atoms with Gasteiger partial charge in [0.1, 0.15) is 0 Å². The van der Waals surface area contributed by atoms with Crippen LogP contribution < -0.4 is 10.2 Å². The van der Waals surface area contributed by atoms with Gasteiger partial charge in [-0.1, -0.05) is 12.1 Å². The number of aryl methyl sites for hydroxylation is 1. The number of hydrogen-bond acceptors (Lipinski definition) is 2. The second-order valence-corrected chi connectivity index (χ2v) is 5.48. The van der Waals surface area contributed by atoms with E-state index in [0.717, 1.165) is 23.4 Å². The molecule has 3 nitrogen and oxygen atoms in total. The molecular formula is C18H19F3N2O. The smallest absolute Gasteiger partial charge is 0.362 e. The maximum Gasteiger partial charge on any atom is 0.416 e. The lowest BCUT2D eigenvalue weighted by Crippen LogP contribution is -2.33. The largest absolute Gasteiger partial charge is 0.416 e. The lowest BCUT2D eigenvalue weighted by Gasteiger charge is -2.23. The van der Waals surface area contributed by atoms with Crippen LogP contribution in [0.2, 0.25) is 0 Å². The van der Waals surface area contributed by atoms with Gasteiger partial charge in [0.15, 0.2) is 0 Å². The van der Waals surface area contributed by atoms with Crippen molar-refractivity contribution in [3.8, 4) is 0 Å². The maximum atomic E-state index is 12.5. The van der Waals surface area contributed by atoms with Gasteiger partial charge in [0.2, 0.25) is 5.91 Å². The molecule has 0 aromatic heterocycles. The number of hydrogen-bond donors (Lipinski definition) is 1. The van der Waals surface area contributed by atoms with E-state index < -0.39 is 11.7 Å². The van der Waals surface area contributed by atoms with Gasteiger partial charge in [-0.25, -0.2) is 0 Å². The number of anilines is 2. The van der Waals surface area contributed by atoms with Crippen molar-refractivity contribution in [2.45, 2.75) is 20.0 Å². The molecule has 0 aliphatic carbocycles. The number of halogens is 3. The zero-order valence-corrected chi connectivity index (χ0v) is 13.5. The van der Waals surface area contributed by atoms with E-state index in [2.05, 4.69) is 5.32 Å². The summed E-state index contributed by atoms with van der Waals surface area (Å²) in [5.74, 6) is -0.280. The number of carbonyl (C=O) groups excluding carboxylic acids is 1. The second-order valence-electron chi connectivity index (χ2n) is 5.48. The summed E-state index contributed by atoms with van der Waals surface area (Å²) in [6.45, 7) is 4.68. The predicted octanol–water partition coefficient (Wildman–Crippen LogP) is 4.48. The van der Waals surface area contributed by atoms with E-state index in [-0.39, 0.29) is 12.5 Å². The highest BCUT2D eigenvalue weighted by molar-refractivity contribution is 5.94. The Bertz CT molecular complexity index is 696. The van der Waals surface area contributed by atoms with Gasteiger partial charge in [-0.2, -0.15) is 13.2 Å². The minimum atomic E-state index is -4.38. The predicted molar refractivity (Wildman–Crippen MR) is 89.1 cm³/mol. The molecule has 0 saturated carbocycles. The molecule has 0 saturated heterocycles. The number of benzene rings is 2. The topological polar surface area (TPSA) is 32.3 Å². The van der Waals surface area contributed by atoms with Crippen molar-refractivity contribution in [1.29, 1.82) is 0 Å². The van der Waals surface area contributed by atoms with Crippen molar-refractivity contribution in [3.05, 3.63) is 59.7 Å². The van der Waals surface area contributed by atoms with Gasteiger partial charge in [0, 0.05) is 17.9 Å². The monoisotopic (exact) mass is 336 g/mol. The van der Waals surface area contributed by atoms with Crippen LogP contribution in [0.25, 0.3) is 0 Å². The summed E-state index contributed by atoms with van der Waals surface area (Å²) in [7, 11) is 0. The average Bonchev–Trinajstić information content (AvgIpc) is 2.52. The van der Waals surface area contributed by atoms with Crippen molar-refractivity contribution in [3.63, 3.8) is 0 Å². The van der Waals surface area contributed by atoms with Crippen LogP contribution in [-0.2, 0) is 11.0 Å². The van der Waals surface area contributed by atoms with Crippen LogP contribution >= 0.6 is 0 Å². The molecule has 0 fully saturated rings. The Morgan fingerprint density at radius 1 is 1.12 bits per heavy atom. The van der Waals surface area contributed by atoms with Crippen molar-refractivity contribution >= 4 is 17.3 Å². The minimum Gasteiger partial charge on any atom is -0.362 e. The lowest BCUT2D eigenvalue weighted by molar-refractivity contribution is -0.137. The highest BCUT2D eigenvalue weighted by atomic mass is 19.4. The molecule has 1 N–H and O–H groups in total. The van der Waals surface area contributed by atoms with Crippen molar-refractivity contribution in [2.24, 2.45) is 0 Å². The first kappa shape index (κ1) is 17.8. The third-order valence-corrected chi connectivity index (χ3v) is 3.58. The van der Waals surface area contributed by atoms with Crippen LogP contribution in [0.1, 0.15) is 18.1 Å². The van der Waals surface area contributed by atoms with Crippen LogP contribution in [0.4, 0.5) is 24.5 Å². The fourth-order valence-corrected chi connectivity index (χ4v) is 2.33. The van der Waals surface area contributed by atoms with E-state index in [0.29, 0.717) is 12.2 Å². The summed E-state index contributed by atoms with van der Waals surface area (Å²) < 4.78 is 37.6. The SMILES string of the molecule is CCN(CC(=O)Nc1ccc(C(F)(F)F)cc1)c1cccc(C)c1. The van der Waals surface area contributed by atoms with E-state index in [1.807, 2.05) is 43.0 Å². The molecule has 2 aromatic carbocycles. The Balaban J connectivity index is 2.01. The molecular weight excluding hydrogens is 317 g/mol. The zero-order chi connectivity index (χ0) is 17.7. The fourth-order valence-electron chi connectivity index (χ4n) is 2.33. The standard InChI is InChI=1S/C18H19F3N2O/c1-3-23(16-6-4-5-13(2)11-16)12-17(24)22-15-9-7-14(8-10-15)18(19,20)21/h4-11H,3,12H2,1-2H3,(H,22,24). The quantitative estimate of drug-likeness (QED) is 0.873. The van der Waals surface area contributed by atoms with Gasteiger partial charge in [-0.3, -0.25) is 4.79 Å². The Kier molecular flexibility index (Phi) is 5.49. The van der Waals surface area contributed by atoms with E-state index in [9.17, 15) is 18.0 Å². The first-order valence-electron chi connectivity index (χ1n) is 7.58. The number of carbonyl (C=O) groups is 1. The van der Waals surface area contributed by atoms with Gasteiger partial charge >= 0.3 is 6.18 Å². The Morgan fingerprint density at radius 3 is 2.33 bits per heavy atom. The summed E-state index contributed by atoms with van der Waals surface area (Å²) in [4.78, 5) is 14.0. The van der Waals surface area contributed by atoms with Crippen LogP contribution in [0, 0.1) is 6.92 Å². The molecule has 2 aromatic rings. The third kappa shape index (κ3) is 4.75. The average molecular weight is 336 g/mol. The zero-order valence-electron chi connectivity index (χ0n) is 13.5. The van der Waals surface area contributed by atoms with Crippen LogP contribution in [0.3, 0.4) is 0 Å². The maximum absolute atomic E-state index is 12.5. The van der Waals surface area contributed by atoms with Gasteiger partial charge in [-0.15, -0.1) is 0 Å². The minimum absolute atomic E-state index is 0.126. The molecule has 0 aliphatic heterocycles. The lowest BCUT2D eigenvalue weighted by atomic mass is 10.2. The van der Waals surface area contributed by atoms with E-state index >= 15 is 0 Å². The molecule has 0 aliphatic rings. The number of nitrogens with one attached hydrogen (secondary N) is 1. The van der Waals surface area contributed by atoms with Crippen molar-refractivity contribution < 1.29 is 18.0 Å². The van der Waals surface area contributed by atoms with Gasteiger partial charge in [0.25, 0.3) is 0 Å². The van der Waals surface area contributed by atoms with Gasteiger partial charge in [-0.05, 0) is 55.8 Å². The first-order valence-corrected chi connectivity index (χ1v) is 7.58. The van der Waals surface area contributed by atoms with Crippen LogP contribution in [0.5, 0.6) is 0 Å². The Hall–Kier alpha value is -2.50. The molecule has 24 heavy (non-hydrogen) atoms. The molecule has 6 heteroatoms. The number of alkyl halides is 3.